The maximum absolute atomic E-state index is 12.7. The van der Waals surface area contributed by atoms with Crippen LogP contribution in [0.15, 0.2) is 36.5 Å². The topological polar surface area (TPSA) is 142 Å². The van der Waals surface area contributed by atoms with E-state index in [2.05, 4.69) is 60.9 Å². The zero-order chi connectivity index (χ0) is 41.2. The lowest BCUT2D eigenvalue weighted by molar-refractivity contribution is -0.147. The van der Waals surface area contributed by atoms with Crippen LogP contribution in [0.4, 0.5) is 0 Å². The second-order valence-electron chi connectivity index (χ2n) is 15.5. The molecule has 324 valence electrons. The van der Waals surface area contributed by atoms with E-state index in [0.717, 1.165) is 57.8 Å². The van der Waals surface area contributed by atoms with Crippen LogP contribution in [0.1, 0.15) is 213 Å². The van der Waals surface area contributed by atoms with Crippen molar-refractivity contribution in [1.29, 1.82) is 0 Å². The van der Waals surface area contributed by atoms with Crippen LogP contribution in [0.2, 0.25) is 0 Å². The van der Waals surface area contributed by atoms with E-state index in [-0.39, 0.29) is 30.9 Å². The summed E-state index contributed by atoms with van der Waals surface area (Å²) in [5.41, 5.74) is 0. The highest BCUT2D eigenvalue weighted by Crippen LogP contribution is 2.16. The predicted molar refractivity (Wildman–Crippen MR) is 231 cm³/mol. The molecule has 2 amide bonds. The largest absolute Gasteiger partial charge is 0.480 e. The van der Waals surface area contributed by atoms with E-state index in [9.17, 15) is 19.2 Å². The molecular weight excluding hydrogens is 705 g/mol. The minimum atomic E-state index is -1.39. The number of hydrogen-bond acceptors (Lipinski definition) is 6. The molecule has 0 aromatic heterocycles. The summed E-state index contributed by atoms with van der Waals surface area (Å²) in [5, 5.41) is 22.5. The number of carboxylic acid groups (broad SMARTS) is 1. The summed E-state index contributed by atoms with van der Waals surface area (Å²) < 4.78 is 5.92. The molecule has 56 heavy (non-hydrogen) atoms. The van der Waals surface area contributed by atoms with E-state index in [0.29, 0.717) is 12.8 Å². The summed E-state index contributed by atoms with van der Waals surface area (Å²) >= 11 is 0. The number of carboxylic acids is 1. The molecule has 0 saturated heterocycles. The Kier molecular flexibility index (Phi) is 39.5. The molecule has 0 spiro atoms. The highest BCUT2D eigenvalue weighted by molar-refractivity contribution is 5.87. The van der Waals surface area contributed by atoms with Crippen LogP contribution in [0, 0.1) is 0 Å². The van der Waals surface area contributed by atoms with Crippen LogP contribution >= 0.6 is 0 Å². The predicted octanol–water partition coefficient (Wildman–Crippen LogP) is 11.4. The second-order valence-corrected chi connectivity index (χ2v) is 15.5. The van der Waals surface area contributed by atoms with Gasteiger partial charge in [-0.05, 0) is 76.7 Å². The van der Waals surface area contributed by atoms with Gasteiger partial charge in [0.25, 0.3) is 0 Å². The number of aliphatic carboxylic acids is 1. The Bertz CT molecular complexity index is 1040. The van der Waals surface area contributed by atoms with Gasteiger partial charge >= 0.3 is 11.9 Å². The number of rotatable bonds is 41. The number of aliphatic hydroxyl groups excluding tert-OH is 1. The van der Waals surface area contributed by atoms with Gasteiger partial charge in [-0.25, -0.2) is 4.79 Å². The Labute approximate surface area is 342 Å². The first-order valence-corrected chi connectivity index (χ1v) is 22.9. The molecule has 0 bridgehead atoms. The van der Waals surface area contributed by atoms with Crippen molar-refractivity contribution in [1.82, 2.24) is 10.6 Å². The highest BCUT2D eigenvalue weighted by Gasteiger charge is 2.18. The minimum Gasteiger partial charge on any atom is -0.480 e. The molecule has 0 fully saturated rings. The molecule has 9 heteroatoms. The Morgan fingerprint density at radius 2 is 1.02 bits per heavy atom. The van der Waals surface area contributed by atoms with Crippen molar-refractivity contribution in [2.45, 2.75) is 225 Å². The van der Waals surface area contributed by atoms with E-state index in [1.807, 2.05) is 0 Å². The molecule has 0 radical (unpaired) electrons. The number of carbonyl (C=O) groups is 4. The van der Waals surface area contributed by atoms with E-state index in [4.69, 9.17) is 14.9 Å². The van der Waals surface area contributed by atoms with Crippen LogP contribution < -0.4 is 10.6 Å². The lowest BCUT2D eigenvalue weighted by Gasteiger charge is -2.15. The van der Waals surface area contributed by atoms with Gasteiger partial charge in [-0.2, -0.15) is 0 Å². The van der Waals surface area contributed by atoms with Gasteiger partial charge in [-0.15, -0.1) is 0 Å². The van der Waals surface area contributed by atoms with Gasteiger partial charge in [0.15, 0.2) is 0 Å². The van der Waals surface area contributed by atoms with Gasteiger partial charge in [0.2, 0.25) is 11.8 Å². The SMILES string of the molecule is CCCCCCC/C=C\C/C=C\CCCCCCCCCCCC(=O)OC(/C=C\CCCCCCCC)CCCCCCC(=O)NCC(=O)NC(CO)C(=O)O. The second kappa shape index (κ2) is 41.7. The molecule has 0 heterocycles. The van der Waals surface area contributed by atoms with Crippen molar-refractivity contribution >= 4 is 23.8 Å². The van der Waals surface area contributed by atoms with Gasteiger partial charge in [-0.1, -0.05) is 160 Å². The lowest BCUT2D eigenvalue weighted by atomic mass is 10.1. The summed E-state index contributed by atoms with van der Waals surface area (Å²) in [4.78, 5) is 47.6. The van der Waals surface area contributed by atoms with Crippen molar-refractivity contribution in [3.63, 3.8) is 0 Å². The monoisotopic (exact) mass is 789 g/mol. The zero-order valence-corrected chi connectivity index (χ0v) is 35.9. The summed E-state index contributed by atoms with van der Waals surface area (Å²) in [6.45, 7) is 3.43. The summed E-state index contributed by atoms with van der Waals surface area (Å²) in [7, 11) is 0. The Balaban J connectivity index is 4.17. The molecule has 4 N–H and O–H groups in total. The fraction of sp³-hybridized carbons (Fsp3) is 0.787. The molecular formula is C47H84N2O7. The van der Waals surface area contributed by atoms with E-state index in [1.165, 1.54) is 122 Å². The van der Waals surface area contributed by atoms with E-state index in [1.54, 1.807) is 0 Å². The van der Waals surface area contributed by atoms with Gasteiger partial charge in [0.05, 0.1) is 13.2 Å². The van der Waals surface area contributed by atoms with Gasteiger partial charge < -0.3 is 25.6 Å². The first-order valence-electron chi connectivity index (χ1n) is 22.9. The number of carbonyl (C=O) groups excluding carboxylic acids is 3. The highest BCUT2D eigenvalue weighted by atomic mass is 16.5. The van der Waals surface area contributed by atoms with Crippen LogP contribution in [-0.4, -0.2) is 59.3 Å². The zero-order valence-electron chi connectivity index (χ0n) is 35.9. The molecule has 2 unspecified atom stereocenters. The van der Waals surface area contributed by atoms with Crippen LogP contribution in [0.3, 0.4) is 0 Å². The van der Waals surface area contributed by atoms with Crippen LogP contribution in [0.25, 0.3) is 0 Å². The average molecular weight is 789 g/mol. The molecule has 0 aromatic rings. The molecule has 2 atom stereocenters. The van der Waals surface area contributed by atoms with Crippen molar-refractivity contribution < 1.29 is 34.1 Å². The molecule has 9 nitrogen and oxygen atoms in total. The Hall–Kier alpha value is -2.94. The standard InChI is InChI=1S/C47H84N2O7/c1-3-5-7-9-11-13-14-15-16-17-18-19-20-21-22-23-24-25-27-29-35-39-46(53)56-42(36-32-28-26-12-10-8-6-4-2)37-33-30-31-34-38-44(51)48-40-45(52)49-43(41-50)47(54)55/h14-15,17-18,32,36,42-43,50H,3-13,16,19-31,33-35,37-41H2,1-2H3,(H,48,51)(H,49,52)(H,54,55)/b15-14-,18-17-,36-32-. The Morgan fingerprint density at radius 1 is 0.554 bits per heavy atom. The van der Waals surface area contributed by atoms with Crippen molar-refractivity contribution in [2.24, 2.45) is 0 Å². The number of ether oxygens (including phenoxy) is 1. The summed E-state index contributed by atoms with van der Waals surface area (Å²) in [6.07, 6.45) is 47.7. The normalized spacial score (nSPS) is 12.8. The smallest absolute Gasteiger partial charge is 0.328 e. The summed E-state index contributed by atoms with van der Waals surface area (Å²) in [5.74, 6) is -2.40. The van der Waals surface area contributed by atoms with Crippen molar-refractivity contribution in [3.05, 3.63) is 36.5 Å². The third-order valence-corrected chi connectivity index (χ3v) is 10.1. The summed E-state index contributed by atoms with van der Waals surface area (Å²) in [6, 6.07) is -1.39. The maximum atomic E-state index is 12.7. The number of amides is 2. The van der Waals surface area contributed by atoms with Crippen molar-refractivity contribution in [2.75, 3.05) is 13.2 Å². The molecule has 0 rings (SSSR count). The first-order chi connectivity index (χ1) is 27.3. The van der Waals surface area contributed by atoms with Crippen LogP contribution in [-0.2, 0) is 23.9 Å². The molecule has 0 aromatic carbocycles. The fourth-order valence-corrected chi connectivity index (χ4v) is 6.54. The fourth-order valence-electron chi connectivity index (χ4n) is 6.54. The van der Waals surface area contributed by atoms with E-state index >= 15 is 0 Å². The number of aliphatic hydroxyl groups is 1. The number of unbranched alkanes of at least 4 members (excludes halogenated alkanes) is 23. The number of nitrogens with one attached hydrogen (secondary N) is 2. The van der Waals surface area contributed by atoms with E-state index < -0.39 is 24.5 Å². The molecule has 0 aliphatic rings. The maximum Gasteiger partial charge on any atom is 0.328 e. The first kappa shape index (κ1) is 53.1. The van der Waals surface area contributed by atoms with Gasteiger partial charge in [0, 0.05) is 12.8 Å². The molecule has 0 saturated carbocycles. The average Bonchev–Trinajstić information content (AvgIpc) is 3.18. The Morgan fingerprint density at radius 3 is 1.54 bits per heavy atom. The minimum absolute atomic E-state index is 0.114. The van der Waals surface area contributed by atoms with Crippen molar-refractivity contribution in [3.8, 4) is 0 Å². The molecule has 0 aliphatic heterocycles. The number of allylic oxidation sites excluding steroid dienone is 5. The third-order valence-electron chi connectivity index (χ3n) is 10.1. The number of esters is 1. The lowest BCUT2D eigenvalue weighted by Crippen LogP contribution is -2.47. The molecule has 0 aliphatic carbocycles. The third kappa shape index (κ3) is 38.0. The number of hydrogen-bond donors (Lipinski definition) is 4. The van der Waals surface area contributed by atoms with Gasteiger partial charge in [0.1, 0.15) is 12.1 Å². The van der Waals surface area contributed by atoms with Crippen LogP contribution in [0.5, 0.6) is 0 Å². The quantitative estimate of drug-likeness (QED) is 0.0274. The van der Waals surface area contributed by atoms with Gasteiger partial charge in [-0.3, -0.25) is 14.4 Å².